The van der Waals surface area contributed by atoms with Crippen molar-refractivity contribution >= 4 is 11.7 Å². The number of carbonyl (C=O) groups is 1. The normalized spacial score (nSPS) is 15.7. The van der Waals surface area contributed by atoms with E-state index in [4.69, 9.17) is 10.9 Å². The minimum Gasteiger partial charge on any atom is -0.409 e. The number of hydrogen-bond donors (Lipinski definition) is 3. The summed E-state index contributed by atoms with van der Waals surface area (Å²) < 4.78 is 0. The van der Waals surface area contributed by atoms with E-state index in [0.29, 0.717) is 13.0 Å². The highest BCUT2D eigenvalue weighted by atomic mass is 16.4. The van der Waals surface area contributed by atoms with Crippen LogP contribution in [0.15, 0.2) is 5.16 Å². The third kappa shape index (κ3) is 4.22. The van der Waals surface area contributed by atoms with Crippen LogP contribution in [0.25, 0.3) is 0 Å². The lowest BCUT2D eigenvalue weighted by molar-refractivity contribution is -0.127. The van der Waals surface area contributed by atoms with Crippen molar-refractivity contribution in [3.8, 4) is 0 Å². The van der Waals surface area contributed by atoms with Crippen molar-refractivity contribution in [3.05, 3.63) is 0 Å². The topological polar surface area (TPSA) is 91.0 Å². The third-order valence-corrected chi connectivity index (χ3v) is 3.20. The van der Waals surface area contributed by atoms with Crippen LogP contribution in [-0.2, 0) is 4.79 Å². The van der Waals surface area contributed by atoms with Gasteiger partial charge in [0, 0.05) is 13.1 Å². The monoisotopic (exact) mass is 244 g/mol. The summed E-state index contributed by atoms with van der Waals surface area (Å²) in [4.78, 5) is 14.1. The molecule has 0 fully saturated rings. The lowest BCUT2D eigenvalue weighted by Crippen LogP contribution is -2.48. The summed E-state index contributed by atoms with van der Waals surface area (Å²) in [5.74, 6) is -0.263. The quantitative estimate of drug-likeness (QED) is 0.258. The van der Waals surface area contributed by atoms with Crippen LogP contribution < -0.4 is 11.1 Å². The first kappa shape index (κ1) is 15.7. The largest absolute Gasteiger partial charge is 0.409 e. The average molecular weight is 244 g/mol. The second kappa shape index (κ2) is 7.11. The summed E-state index contributed by atoms with van der Waals surface area (Å²) in [6.07, 6.45) is 0.484. The predicted molar refractivity (Wildman–Crippen MR) is 68.0 cm³/mol. The summed E-state index contributed by atoms with van der Waals surface area (Å²) in [5, 5.41) is 14.4. The van der Waals surface area contributed by atoms with Crippen LogP contribution in [0.4, 0.5) is 0 Å². The zero-order valence-electron chi connectivity index (χ0n) is 11.2. The summed E-state index contributed by atoms with van der Waals surface area (Å²) in [7, 11) is 1.98. The Morgan fingerprint density at radius 1 is 1.53 bits per heavy atom. The van der Waals surface area contributed by atoms with Crippen molar-refractivity contribution in [2.24, 2.45) is 16.3 Å². The Balaban J connectivity index is 4.37. The average Bonchev–Trinajstić information content (AvgIpc) is 2.35. The van der Waals surface area contributed by atoms with Gasteiger partial charge in [0.25, 0.3) is 0 Å². The Morgan fingerprint density at radius 2 is 2.12 bits per heavy atom. The van der Waals surface area contributed by atoms with E-state index in [2.05, 4.69) is 15.4 Å². The number of nitrogens with two attached hydrogens (primary N) is 1. The number of nitrogens with one attached hydrogen (secondary N) is 1. The van der Waals surface area contributed by atoms with Gasteiger partial charge in [-0.3, -0.25) is 4.79 Å². The molecule has 0 aromatic heterocycles. The van der Waals surface area contributed by atoms with Crippen LogP contribution in [0.5, 0.6) is 0 Å². The number of rotatable bonds is 7. The molecule has 1 unspecified atom stereocenters. The first-order chi connectivity index (χ1) is 7.92. The van der Waals surface area contributed by atoms with Crippen molar-refractivity contribution in [2.45, 2.75) is 27.2 Å². The minimum atomic E-state index is -0.945. The molecule has 0 radical (unpaired) electrons. The lowest BCUT2D eigenvalue weighted by atomic mass is 9.85. The van der Waals surface area contributed by atoms with Crippen LogP contribution in [-0.4, -0.2) is 48.5 Å². The fourth-order valence-corrected chi connectivity index (χ4v) is 1.28. The van der Waals surface area contributed by atoms with Gasteiger partial charge in [-0.05, 0) is 26.9 Å². The molecule has 0 spiro atoms. The van der Waals surface area contributed by atoms with Gasteiger partial charge in [-0.25, -0.2) is 0 Å². The maximum Gasteiger partial charge on any atom is 0.233 e. The summed E-state index contributed by atoms with van der Waals surface area (Å²) in [5.41, 5.74) is 4.60. The Labute approximate surface area is 103 Å². The lowest BCUT2D eigenvalue weighted by Gasteiger charge is -2.25. The molecule has 6 nitrogen and oxygen atoms in total. The smallest absolute Gasteiger partial charge is 0.233 e. The van der Waals surface area contributed by atoms with E-state index in [1.165, 1.54) is 0 Å². The number of nitrogens with zero attached hydrogens (tertiary/aromatic N) is 2. The van der Waals surface area contributed by atoms with Crippen molar-refractivity contribution in [3.63, 3.8) is 0 Å². The third-order valence-electron chi connectivity index (χ3n) is 3.20. The zero-order chi connectivity index (χ0) is 13.5. The summed E-state index contributed by atoms with van der Waals surface area (Å²) >= 11 is 0. The Hall–Kier alpha value is -1.30. The van der Waals surface area contributed by atoms with Gasteiger partial charge in [0.05, 0.1) is 0 Å². The first-order valence-corrected chi connectivity index (χ1v) is 5.87. The van der Waals surface area contributed by atoms with Crippen molar-refractivity contribution in [1.29, 1.82) is 0 Å². The highest BCUT2D eigenvalue weighted by Crippen LogP contribution is 2.21. The van der Waals surface area contributed by atoms with Gasteiger partial charge in [0.1, 0.15) is 5.41 Å². The maximum absolute atomic E-state index is 12.0. The molecule has 0 bridgehead atoms. The van der Waals surface area contributed by atoms with E-state index in [0.717, 1.165) is 13.1 Å². The predicted octanol–water partition coefficient (Wildman–Crippen LogP) is 0.217. The highest BCUT2D eigenvalue weighted by Gasteiger charge is 2.36. The van der Waals surface area contributed by atoms with Gasteiger partial charge in [-0.15, -0.1) is 0 Å². The molecule has 0 aromatic carbocycles. The molecule has 1 atom stereocenters. The standard InChI is InChI=1S/C11H24N4O2/c1-5-11(3,9(12)14-17)10(16)13-7-8-15(4)6-2/h17H,5-8H2,1-4H3,(H2,12,14)(H,13,16). The molecular formula is C11H24N4O2. The van der Waals surface area contributed by atoms with Gasteiger partial charge in [0.2, 0.25) is 5.91 Å². The SMILES string of the molecule is CCN(C)CCNC(=O)C(C)(CC)C(N)=NO. The molecule has 4 N–H and O–H groups in total. The van der Waals surface area contributed by atoms with Crippen LogP contribution in [0.3, 0.4) is 0 Å². The first-order valence-electron chi connectivity index (χ1n) is 5.87. The number of amides is 1. The molecule has 0 aliphatic rings. The summed E-state index contributed by atoms with van der Waals surface area (Å²) in [6.45, 7) is 7.81. The minimum absolute atomic E-state index is 0.0543. The van der Waals surface area contributed by atoms with E-state index in [9.17, 15) is 4.79 Å². The van der Waals surface area contributed by atoms with E-state index >= 15 is 0 Å². The van der Waals surface area contributed by atoms with Crippen LogP contribution >= 0.6 is 0 Å². The molecule has 0 rings (SSSR count). The van der Waals surface area contributed by atoms with Crippen molar-refractivity contribution < 1.29 is 10.0 Å². The number of likely N-dealkylation sites (N-methyl/N-ethyl adjacent to an activating group) is 1. The van der Waals surface area contributed by atoms with Gasteiger partial charge in [-0.1, -0.05) is 19.0 Å². The molecule has 100 valence electrons. The number of oxime groups is 1. The molecule has 17 heavy (non-hydrogen) atoms. The molecule has 1 amide bonds. The molecule has 0 heterocycles. The highest BCUT2D eigenvalue weighted by molar-refractivity contribution is 6.06. The fourth-order valence-electron chi connectivity index (χ4n) is 1.28. The van der Waals surface area contributed by atoms with Gasteiger partial charge in [-0.2, -0.15) is 0 Å². The van der Waals surface area contributed by atoms with E-state index in [-0.39, 0.29) is 11.7 Å². The van der Waals surface area contributed by atoms with E-state index in [1.807, 2.05) is 20.9 Å². The zero-order valence-corrected chi connectivity index (χ0v) is 11.2. The molecule has 0 aliphatic heterocycles. The Kier molecular flexibility index (Phi) is 6.57. The van der Waals surface area contributed by atoms with Crippen molar-refractivity contribution in [1.82, 2.24) is 10.2 Å². The van der Waals surface area contributed by atoms with Gasteiger partial charge >= 0.3 is 0 Å². The molecule has 0 aliphatic carbocycles. The molecular weight excluding hydrogens is 220 g/mol. The molecule has 0 saturated heterocycles. The van der Waals surface area contributed by atoms with Crippen LogP contribution in [0.1, 0.15) is 27.2 Å². The summed E-state index contributed by atoms with van der Waals surface area (Å²) in [6, 6.07) is 0. The number of carbonyl (C=O) groups excluding carboxylic acids is 1. The van der Waals surface area contributed by atoms with Crippen LogP contribution in [0, 0.1) is 5.41 Å². The maximum atomic E-state index is 12.0. The molecule has 6 heteroatoms. The Bertz CT molecular complexity index is 281. The second-order valence-electron chi connectivity index (χ2n) is 4.32. The van der Waals surface area contributed by atoms with Gasteiger partial charge in [0.15, 0.2) is 5.84 Å². The number of amidine groups is 1. The van der Waals surface area contributed by atoms with Crippen molar-refractivity contribution in [2.75, 3.05) is 26.7 Å². The van der Waals surface area contributed by atoms with E-state index in [1.54, 1.807) is 6.92 Å². The fraction of sp³-hybridized carbons (Fsp3) is 0.818. The Morgan fingerprint density at radius 3 is 2.53 bits per heavy atom. The number of hydrogen-bond acceptors (Lipinski definition) is 4. The second-order valence-corrected chi connectivity index (χ2v) is 4.32. The molecule has 0 saturated carbocycles. The molecule has 0 aromatic rings. The van der Waals surface area contributed by atoms with E-state index < -0.39 is 5.41 Å². The van der Waals surface area contributed by atoms with Gasteiger partial charge < -0.3 is 21.2 Å². The van der Waals surface area contributed by atoms with Crippen LogP contribution in [0.2, 0.25) is 0 Å².